The molecule has 0 amide bonds. The Hall–Kier alpha value is 0.0400. The normalized spacial score (nSPS) is 8.75. The number of ketones is 2. The van der Waals surface area contributed by atoms with Crippen molar-refractivity contribution in [2.45, 2.75) is 0 Å². The van der Waals surface area contributed by atoms with E-state index in [4.69, 9.17) is 0 Å². The van der Waals surface area contributed by atoms with Gasteiger partial charge in [0, 0.05) is 0 Å². The van der Waals surface area contributed by atoms with E-state index in [-0.39, 0.29) is 11.5 Å². The summed E-state index contributed by atoms with van der Waals surface area (Å²) in [5.74, 6) is -0.967. The maximum absolute atomic E-state index is 10.3. The minimum atomic E-state index is -0.469. The SMILES string of the molecule is O=C(CS)C(=O)CS. The second-order valence-corrected chi connectivity index (χ2v) is 1.80. The molecule has 0 spiro atoms. The molecular formula is C4H6O2S2. The largest absolute Gasteiger partial charge is 0.290 e. The molecule has 0 aromatic heterocycles. The van der Waals surface area contributed by atoms with Gasteiger partial charge in [0.2, 0.25) is 11.6 Å². The Morgan fingerprint density at radius 3 is 1.38 bits per heavy atom. The van der Waals surface area contributed by atoms with Crippen LogP contribution in [0.1, 0.15) is 0 Å². The van der Waals surface area contributed by atoms with Gasteiger partial charge in [-0.15, -0.1) is 0 Å². The Balaban J connectivity index is 3.64. The first-order valence-corrected chi connectivity index (χ1v) is 3.26. The Morgan fingerprint density at radius 2 is 1.25 bits per heavy atom. The molecule has 2 nitrogen and oxygen atoms in total. The third-order valence-electron chi connectivity index (χ3n) is 0.598. The molecule has 0 aromatic carbocycles. The first-order chi connectivity index (χ1) is 3.72. The summed E-state index contributed by atoms with van der Waals surface area (Å²) in [7, 11) is 0. The summed E-state index contributed by atoms with van der Waals surface area (Å²) in [5, 5.41) is 0. The average Bonchev–Trinajstić information content (AvgIpc) is 1.84. The van der Waals surface area contributed by atoms with Gasteiger partial charge in [-0.25, -0.2) is 0 Å². The molecule has 0 N–H and O–H groups in total. The third kappa shape index (κ3) is 2.37. The molecule has 0 unspecified atom stereocenters. The molecular weight excluding hydrogens is 144 g/mol. The molecule has 0 aliphatic rings. The molecule has 0 radical (unpaired) electrons. The zero-order valence-electron chi connectivity index (χ0n) is 4.13. The number of hydrogen-bond donors (Lipinski definition) is 2. The summed E-state index contributed by atoms with van der Waals surface area (Å²) in [6, 6.07) is 0. The number of thiol groups is 2. The average molecular weight is 150 g/mol. The van der Waals surface area contributed by atoms with Crippen molar-refractivity contribution in [3.05, 3.63) is 0 Å². The van der Waals surface area contributed by atoms with E-state index in [0.717, 1.165) is 0 Å². The molecule has 0 bridgehead atoms. The highest BCUT2D eigenvalue weighted by molar-refractivity contribution is 7.82. The van der Waals surface area contributed by atoms with Crippen LogP contribution in [-0.4, -0.2) is 23.1 Å². The molecule has 4 heteroatoms. The Bertz CT molecular complexity index is 96.6. The van der Waals surface area contributed by atoms with Gasteiger partial charge in [0.25, 0.3) is 0 Å². The lowest BCUT2D eigenvalue weighted by atomic mass is 10.3. The van der Waals surface area contributed by atoms with Crippen molar-refractivity contribution in [1.82, 2.24) is 0 Å². The number of carbonyl (C=O) groups excluding carboxylic acids is 2. The summed E-state index contributed by atoms with van der Waals surface area (Å²) < 4.78 is 0. The van der Waals surface area contributed by atoms with Crippen LogP contribution in [0.2, 0.25) is 0 Å². The van der Waals surface area contributed by atoms with Crippen LogP contribution in [0.4, 0.5) is 0 Å². The zero-order chi connectivity index (χ0) is 6.57. The predicted molar refractivity (Wildman–Crippen MR) is 37.7 cm³/mol. The van der Waals surface area contributed by atoms with Crippen LogP contribution in [0.5, 0.6) is 0 Å². The topological polar surface area (TPSA) is 34.1 Å². The van der Waals surface area contributed by atoms with Gasteiger partial charge in [0.1, 0.15) is 0 Å². The van der Waals surface area contributed by atoms with Crippen molar-refractivity contribution in [2.24, 2.45) is 0 Å². The first-order valence-electron chi connectivity index (χ1n) is 2.00. The summed E-state index contributed by atoms with van der Waals surface area (Å²) in [4.78, 5) is 20.5. The van der Waals surface area contributed by atoms with E-state index in [1.807, 2.05) is 0 Å². The lowest BCUT2D eigenvalue weighted by Gasteiger charge is -1.86. The van der Waals surface area contributed by atoms with Crippen molar-refractivity contribution >= 4 is 36.8 Å². The van der Waals surface area contributed by atoms with Crippen molar-refractivity contribution in [1.29, 1.82) is 0 Å². The Kier molecular flexibility index (Phi) is 3.99. The van der Waals surface area contributed by atoms with Crippen molar-refractivity contribution in [2.75, 3.05) is 11.5 Å². The highest BCUT2D eigenvalue weighted by Gasteiger charge is 2.07. The van der Waals surface area contributed by atoms with E-state index in [2.05, 4.69) is 25.3 Å². The molecule has 0 rings (SSSR count). The van der Waals surface area contributed by atoms with Crippen molar-refractivity contribution < 1.29 is 9.59 Å². The van der Waals surface area contributed by atoms with Gasteiger partial charge in [-0.05, 0) is 0 Å². The molecule has 0 aliphatic carbocycles. The lowest BCUT2D eigenvalue weighted by molar-refractivity contribution is -0.133. The molecule has 8 heavy (non-hydrogen) atoms. The summed E-state index contributed by atoms with van der Waals surface area (Å²) >= 11 is 7.21. The molecule has 46 valence electrons. The highest BCUT2D eigenvalue weighted by atomic mass is 32.1. The van der Waals surface area contributed by atoms with E-state index >= 15 is 0 Å². The van der Waals surface area contributed by atoms with Crippen LogP contribution in [0.15, 0.2) is 0 Å². The van der Waals surface area contributed by atoms with Gasteiger partial charge in [-0.1, -0.05) is 0 Å². The van der Waals surface area contributed by atoms with Crippen molar-refractivity contribution in [3.8, 4) is 0 Å². The first kappa shape index (κ1) is 8.04. The second kappa shape index (κ2) is 3.97. The molecule has 0 aromatic rings. The fourth-order valence-electron chi connectivity index (χ4n) is 0.176. The minimum absolute atomic E-state index is 0.0145. The van der Waals surface area contributed by atoms with Gasteiger partial charge in [-0.2, -0.15) is 25.3 Å². The molecule has 0 saturated heterocycles. The fourth-order valence-corrected chi connectivity index (χ4v) is 0.529. The highest BCUT2D eigenvalue weighted by Crippen LogP contribution is 1.83. The Morgan fingerprint density at radius 1 is 1.00 bits per heavy atom. The van der Waals surface area contributed by atoms with Gasteiger partial charge < -0.3 is 0 Å². The van der Waals surface area contributed by atoms with E-state index < -0.39 is 11.6 Å². The van der Waals surface area contributed by atoms with Crippen LogP contribution in [-0.2, 0) is 9.59 Å². The van der Waals surface area contributed by atoms with E-state index in [0.29, 0.717) is 0 Å². The summed E-state index contributed by atoms with van der Waals surface area (Å²) in [5.41, 5.74) is 0. The van der Waals surface area contributed by atoms with Gasteiger partial charge >= 0.3 is 0 Å². The van der Waals surface area contributed by atoms with Crippen molar-refractivity contribution in [3.63, 3.8) is 0 Å². The number of rotatable bonds is 3. The van der Waals surface area contributed by atoms with Crippen LogP contribution in [0.3, 0.4) is 0 Å². The lowest BCUT2D eigenvalue weighted by Crippen LogP contribution is -2.15. The molecule has 0 saturated carbocycles. The minimum Gasteiger partial charge on any atom is -0.290 e. The third-order valence-corrected chi connectivity index (χ3v) is 1.17. The number of Topliss-reactive ketones (excluding diaryl/α,β-unsaturated/α-hetero) is 2. The second-order valence-electron chi connectivity index (χ2n) is 1.16. The van der Waals surface area contributed by atoms with E-state index in [1.54, 1.807) is 0 Å². The number of hydrogen-bond acceptors (Lipinski definition) is 4. The molecule has 0 atom stereocenters. The molecule has 0 aliphatic heterocycles. The van der Waals surface area contributed by atoms with Crippen LogP contribution in [0.25, 0.3) is 0 Å². The molecule has 0 heterocycles. The summed E-state index contributed by atoms with van der Waals surface area (Å²) in [6.07, 6.45) is 0. The van der Waals surface area contributed by atoms with Crippen LogP contribution < -0.4 is 0 Å². The van der Waals surface area contributed by atoms with E-state index in [1.165, 1.54) is 0 Å². The van der Waals surface area contributed by atoms with Crippen LogP contribution in [0, 0.1) is 0 Å². The standard InChI is InChI=1S/C4H6O2S2/c5-3(1-7)4(6)2-8/h7-8H,1-2H2. The quantitative estimate of drug-likeness (QED) is 0.438. The van der Waals surface area contributed by atoms with E-state index in [9.17, 15) is 9.59 Å². The fraction of sp³-hybridized carbons (Fsp3) is 0.500. The molecule has 0 fully saturated rings. The number of carbonyl (C=O) groups is 2. The van der Waals surface area contributed by atoms with Crippen LogP contribution >= 0.6 is 25.3 Å². The monoisotopic (exact) mass is 150 g/mol. The maximum atomic E-state index is 10.3. The predicted octanol–water partition coefficient (Wildman–Crippen LogP) is -0.0158. The van der Waals surface area contributed by atoms with Gasteiger partial charge in [0.05, 0.1) is 11.5 Å². The maximum Gasteiger partial charge on any atom is 0.208 e. The smallest absolute Gasteiger partial charge is 0.208 e. The summed E-state index contributed by atoms with van der Waals surface area (Å²) in [6.45, 7) is 0. The van der Waals surface area contributed by atoms with Gasteiger partial charge in [0.15, 0.2) is 0 Å². The zero-order valence-corrected chi connectivity index (χ0v) is 5.91. The van der Waals surface area contributed by atoms with Gasteiger partial charge in [-0.3, -0.25) is 9.59 Å². The Labute approximate surface area is 58.5 Å².